The highest BCUT2D eigenvalue weighted by Crippen LogP contribution is 2.45. The molecule has 230 valence electrons. The van der Waals surface area contributed by atoms with E-state index in [9.17, 15) is 24.6 Å². The van der Waals surface area contributed by atoms with Crippen LogP contribution in [0.1, 0.15) is 42.9 Å². The van der Waals surface area contributed by atoms with E-state index in [1.54, 1.807) is 41.0 Å². The SMILES string of the molecule is C[C@H](/C=C/CC(=O)N(CCO)Cc1ccccc1)[C@@]1(O)C(=O)N(Cc2cccc(NC(=O)[C@H]3CCCN3)c2)c2ccccc21. The molecule has 0 aromatic heterocycles. The van der Waals surface area contributed by atoms with Crippen LogP contribution in [-0.4, -0.2) is 58.6 Å². The van der Waals surface area contributed by atoms with Crippen LogP contribution in [0.3, 0.4) is 0 Å². The standard InChI is InChI=1S/C35H40N4O5/c1-25(10-7-18-32(41)38(20-21-40)23-26-11-3-2-4-12-26)35(44)29-15-5-6-17-31(29)39(34(35)43)24-27-13-8-14-28(22-27)37-33(42)30-16-9-19-36-30/h2-8,10-15,17,22,25,30,36,40,44H,9,16,18-21,23-24H2,1H3,(H,37,42)/b10-7+/t25-,30-,35+/m1/s1. The van der Waals surface area contributed by atoms with Gasteiger partial charge in [-0.25, -0.2) is 0 Å². The molecule has 4 N–H and O–H groups in total. The first-order valence-corrected chi connectivity index (χ1v) is 15.2. The number of carbonyl (C=O) groups excluding carboxylic acids is 3. The molecule has 9 heteroatoms. The molecule has 0 radical (unpaired) electrons. The second-order valence-electron chi connectivity index (χ2n) is 11.5. The van der Waals surface area contributed by atoms with E-state index in [1.165, 1.54) is 0 Å². The Balaban J connectivity index is 1.28. The molecule has 2 heterocycles. The Morgan fingerprint density at radius 3 is 2.59 bits per heavy atom. The quantitative estimate of drug-likeness (QED) is 0.237. The summed E-state index contributed by atoms with van der Waals surface area (Å²) in [5.41, 5.74) is 1.75. The highest BCUT2D eigenvalue weighted by molar-refractivity contribution is 6.07. The predicted octanol–water partition coefficient (Wildman–Crippen LogP) is 3.72. The summed E-state index contributed by atoms with van der Waals surface area (Å²) in [7, 11) is 0. The smallest absolute Gasteiger partial charge is 0.264 e. The normalized spacial score (nSPS) is 20.1. The third-order valence-corrected chi connectivity index (χ3v) is 8.40. The van der Waals surface area contributed by atoms with Gasteiger partial charge in [0.05, 0.1) is 24.9 Å². The van der Waals surface area contributed by atoms with Crippen molar-refractivity contribution in [3.63, 3.8) is 0 Å². The summed E-state index contributed by atoms with van der Waals surface area (Å²) >= 11 is 0. The first kappa shape index (κ1) is 31.1. The second-order valence-corrected chi connectivity index (χ2v) is 11.5. The number of para-hydroxylation sites is 1. The third kappa shape index (κ3) is 6.75. The molecule has 5 rings (SSSR count). The lowest BCUT2D eigenvalue weighted by molar-refractivity contribution is -0.139. The van der Waals surface area contributed by atoms with Crippen LogP contribution in [-0.2, 0) is 33.1 Å². The van der Waals surface area contributed by atoms with E-state index in [1.807, 2.05) is 66.7 Å². The van der Waals surface area contributed by atoms with Gasteiger partial charge in [-0.15, -0.1) is 0 Å². The first-order valence-electron chi connectivity index (χ1n) is 15.2. The molecule has 0 spiro atoms. The first-order chi connectivity index (χ1) is 21.3. The summed E-state index contributed by atoms with van der Waals surface area (Å²) in [4.78, 5) is 42.7. The van der Waals surface area contributed by atoms with Crippen molar-refractivity contribution in [2.75, 3.05) is 29.9 Å². The Kier molecular flexibility index (Phi) is 9.89. The van der Waals surface area contributed by atoms with Crippen molar-refractivity contribution < 1.29 is 24.6 Å². The van der Waals surface area contributed by atoms with E-state index in [0.717, 1.165) is 30.5 Å². The number of nitrogens with zero attached hydrogens (tertiary/aromatic N) is 2. The highest BCUT2D eigenvalue weighted by Gasteiger charge is 2.52. The molecular formula is C35H40N4O5. The molecule has 1 saturated heterocycles. The van der Waals surface area contributed by atoms with Gasteiger partial charge in [-0.1, -0.05) is 79.7 Å². The number of hydrogen-bond donors (Lipinski definition) is 4. The van der Waals surface area contributed by atoms with Crippen molar-refractivity contribution in [2.24, 2.45) is 5.92 Å². The summed E-state index contributed by atoms with van der Waals surface area (Å²) in [6.07, 6.45) is 5.24. The number of hydrogen-bond acceptors (Lipinski definition) is 6. The molecule has 2 aliphatic heterocycles. The molecule has 1 fully saturated rings. The monoisotopic (exact) mass is 596 g/mol. The maximum atomic E-state index is 13.9. The topological polar surface area (TPSA) is 122 Å². The van der Waals surface area contributed by atoms with Crippen LogP contribution in [0.2, 0.25) is 0 Å². The molecule has 9 nitrogen and oxygen atoms in total. The molecule has 3 aromatic rings. The largest absolute Gasteiger partial charge is 0.395 e. The summed E-state index contributed by atoms with van der Waals surface area (Å²) < 4.78 is 0. The van der Waals surface area contributed by atoms with Crippen LogP contribution in [0.15, 0.2) is 91.0 Å². The summed E-state index contributed by atoms with van der Waals surface area (Å²) in [6.45, 7) is 3.27. The maximum absolute atomic E-state index is 13.9. The van der Waals surface area contributed by atoms with Crippen molar-refractivity contribution in [3.05, 3.63) is 108 Å². The zero-order valence-electron chi connectivity index (χ0n) is 25.0. The number of benzene rings is 3. The van der Waals surface area contributed by atoms with E-state index in [-0.39, 0.29) is 44.0 Å². The zero-order valence-corrected chi connectivity index (χ0v) is 25.0. The number of rotatable bonds is 12. The molecule has 0 saturated carbocycles. The number of aliphatic hydroxyl groups excluding tert-OH is 1. The molecule has 0 aliphatic carbocycles. The van der Waals surface area contributed by atoms with Crippen molar-refractivity contribution in [2.45, 2.75) is 50.9 Å². The molecule has 44 heavy (non-hydrogen) atoms. The van der Waals surface area contributed by atoms with Crippen molar-refractivity contribution in [1.82, 2.24) is 10.2 Å². The van der Waals surface area contributed by atoms with Gasteiger partial charge in [0.1, 0.15) is 0 Å². The fraction of sp³-hybridized carbons (Fsp3) is 0.343. The van der Waals surface area contributed by atoms with Gasteiger partial charge in [0.2, 0.25) is 11.8 Å². The average Bonchev–Trinajstić information content (AvgIpc) is 3.65. The molecule has 0 bridgehead atoms. The van der Waals surface area contributed by atoms with Gasteiger partial charge in [0.15, 0.2) is 5.60 Å². The van der Waals surface area contributed by atoms with Gasteiger partial charge in [0, 0.05) is 36.7 Å². The van der Waals surface area contributed by atoms with Crippen molar-refractivity contribution in [3.8, 4) is 0 Å². The molecule has 3 aromatic carbocycles. The van der Waals surface area contributed by atoms with Crippen molar-refractivity contribution >= 4 is 29.1 Å². The van der Waals surface area contributed by atoms with Gasteiger partial charge in [-0.2, -0.15) is 0 Å². The Hall–Kier alpha value is -4.31. The van der Waals surface area contributed by atoms with Crippen LogP contribution in [0.25, 0.3) is 0 Å². The minimum absolute atomic E-state index is 0.0711. The molecule has 0 unspecified atom stereocenters. The van der Waals surface area contributed by atoms with Crippen molar-refractivity contribution in [1.29, 1.82) is 0 Å². The number of aliphatic hydroxyl groups is 2. The number of nitrogens with one attached hydrogen (secondary N) is 2. The fourth-order valence-corrected chi connectivity index (χ4v) is 5.98. The van der Waals surface area contributed by atoms with E-state index in [0.29, 0.717) is 23.5 Å². The molecule has 2 aliphatic rings. The number of fused-ring (bicyclic) bond motifs is 1. The average molecular weight is 597 g/mol. The fourth-order valence-electron chi connectivity index (χ4n) is 5.98. The van der Waals surface area contributed by atoms with E-state index in [4.69, 9.17) is 0 Å². The minimum atomic E-state index is -1.81. The zero-order chi connectivity index (χ0) is 31.1. The van der Waals surface area contributed by atoms with Crippen LogP contribution in [0.4, 0.5) is 11.4 Å². The van der Waals surface area contributed by atoms with E-state index in [2.05, 4.69) is 10.6 Å². The second kappa shape index (κ2) is 14.0. The summed E-state index contributed by atoms with van der Waals surface area (Å²) in [5.74, 6) is -1.30. The van der Waals surface area contributed by atoms with Crippen LogP contribution >= 0.6 is 0 Å². The predicted molar refractivity (Wildman–Crippen MR) is 169 cm³/mol. The lowest BCUT2D eigenvalue weighted by Gasteiger charge is -2.28. The maximum Gasteiger partial charge on any atom is 0.264 e. The number of carbonyl (C=O) groups is 3. The van der Waals surface area contributed by atoms with Crippen LogP contribution < -0.4 is 15.5 Å². The lowest BCUT2D eigenvalue weighted by atomic mass is 9.83. The Morgan fingerprint density at radius 2 is 1.84 bits per heavy atom. The Morgan fingerprint density at radius 1 is 1.09 bits per heavy atom. The van der Waals surface area contributed by atoms with Gasteiger partial charge in [-0.05, 0) is 48.7 Å². The van der Waals surface area contributed by atoms with Gasteiger partial charge in [0.25, 0.3) is 5.91 Å². The van der Waals surface area contributed by atoms with Crippen LogP contribution in [0, 0.1) is 5.92 Å². The number of anilines is 2. The van der Waals surface area contributed by atoms with E-state index < -0.39 is 17.4 Å². The third-order valence-electron chi connectivity index (χ3n) is 8.40. The lowest BCUT2D eigenvalue weighted by Crippen LogP contribution is -2.44. The van der Waals surface area contributed by atoms with Crippen LogP contribution in [0.5, 0.6) is 0 Å². The summed E-state index contributed by atoms with van der Waals surface area (Å²) in [5, 5.41) is 27.6. The highest BCUT2D eigenvalue weighted by atomic mass is 16.3. The van der Waals surface area contributed by atoms with Gasteiger partial charge >= 0.3 is 0 Å². The van der Waals surface area contributed by atoms with Gasteiger partial charge in [-0.3, -0.25) is 14.4 Å². The molecular weight excluding hydrogens is 556 g/mol. The minimum Gasteiger partial charge on any atom is -0.395 e. The number of amides is 3. The molecule has 3 amide bonds. The molecule has 3 atom stereocenters. The Labute approximate surface area is 258 Å². The summed E-state index contributed by atoms with van der Waals surface area (Å²) in [6, 6.07) is 24.0. The van der Waals surface area contributed by atoms with Gasteiger partial charge < -0.3 is 30.6 Å². The Bertz CT molecular complexity index is 1500. The van der Waals surface area contributed by atoms with E-state index >= 15 is 0 Å².